The van der Waals surface area contributed by atoms with Gasteiger partial charge in [-0.3, -0.25) is 14.5 Å². The monoisotopic (exact) mass is 402 g/mol. The molecule has 146 valence electrons. The Hall–Kier alpha value is -2.51. The Kier molecular flexibility index (Phi) is 5.28. The third kappa shape index (κ3) is 4.00. The SMILES string of the molecule is CC(Cn1cc(Cl)cn1)C(=O)N1CCOC(c2cc3cc(F)ccc3cn2)C1. The number of nitrogens with zero attached hydrogens (tertiary/aromatic N) is 4. The van der Waals surface area contributed by atoms with E-state index in [2.05, 4.69) is 10.1 Å². The summed E-state index contributed by atoms with van der Waals surface area (Å²) in [5, 5.41) is 6.30. The van der Waals surface area contributed by atoms with Gasteiger partial charge in [0.15, 0.2) is 0 Å². The molecule has 1 aliphatic heterocycles. The number of amides is 1. The van der Waals surface area contributed by atoms with Crippen LogP contribution in [0.2, 0.25) is 5.02 Å². The molecular weight excluding hydrogens is 383 g/mol. The van der Waals surface area contributed by atoms with Gasteiger partial charge in [0.2, 0.25) is 5.91 Å². The van der Waals surface area contributed by atoms with E-state index in [4.69, 9.17) is 16.3 Å². The molecule has 3 aromatic rings. The smallest absolute Gasteiger partial charge is 0.227 e. The number of aromatic nitrogens is 3. The van der Waals surface area contributed by atoms with E-state index in [9.17, 15) is 9.18 Å². The van der Waals surface area contributed by atoms with Gasteiger partial charge in [0.05, 0.1) is 42.5 Å². The van der Waals surface area contributed by atoms with E-state index in [0.29, 0.717) is 37.0 Å². The fourth-order valence-electron chi connectivity index (χ4n) is 3.44. The van der Waals surface area contributed by atoms with Crippen LogP contribution in [0.4, 0.5) is 4.39 Å². The van der Waals surface area contributed by atoms with Crippen LogP contribution in [0.3, 0.4) is 0 Å². The van der Waals surface area contributed by atoms with Crippen molar-refractivity contribution in [3.63, 3.8) is 0 Å². The highest BCUT2D eigenvalue weighted by Gasteiger charge is 2.29. The number of hydrogen-bond donors (Lipinski definition) is 0. The van der Waals surface area contributed by atoms with Gasteiger partial charge in [-0.2, -0.15) is 5.10 Å². The number of ether oxygens (including phenoxy) is 1. The van der Waals surface area contributed by atoms with E-state index in [0.717, 1.165) is 10.8 Å². The fraction of sp³-hybridized carbons (Fsp3) is 0.350. The molecule has 4 rings (SSSR count). The highest BCUT2D eigenvalue weighted by atomic mass is 35.5. The molecule has 1 amide bonds. The summed E-state index contributed by atoms with van der Waals surface area (Å²) in [5.41, 5.74) is 0.696. The van der Waals surface area contributed by atoms with Crippen LogP contribution in [-0.2, 0) is 16.1 Å². The van der Waals surface area contributed by atoms with Crippen molar-refractivity contribution in [3.8, 4) is 0 Å². The summed E-state index contributed by atoms with van der Waals surface area (Å²) in [4.78, 5) is 19.1. The molecule has 28 heavy (non-hydrogen) atoms. The lowest BCUT2D eigenvalue weighted by Gasteiger charge is -2.34. The van der Waals surface area contributed by atoms with Gasteiger partial charge in [-0.1, -0.05) is 18.5 Å². The first-order chi connectivity index (χ1) is 13.5. The predicted molar refractivity (Wildman–Crippen MR) is 103 cm³/mol. The summed E-state index contributed by atoms with van der Waals surface area (Å²) >= 11 is 5.88. The van der Waals surface area contributed by atoms with Crippen LogP contribution in [0, 0.1) is 11.7 Å². The van der Waals surface area contributed by atoms with Crippen LogP contribution in [0.1, 0.15) is 18.7 Å². The number of carbonyl (C=O) groups excluding carboxylic acids is 1. The zero-order valence-electron chi connectivity index (χ0n) is 15.4. The van der Waals surface area contributed by atoms with Gasteiger partial charge in [0.1, 0.15) is 11.9 Å². The molecule has 2 aromatic heterocycles. The molecule has 2 unspecified atom stereocenters. The topological polar surface area (TPSA) is 60.2 Å². The van der Waals surface area contributed by atoms with Crippen molar-refractivity contribution in [2.75, 3.05) is 19.7 Å². The van der Waals surface area contributed by atoms with Crippen LogP contribution in [0.25, 0.3) is 10.8 Å². The van der Waals surface area contributed by atoms with Crippen LogP contribution in [0.15, 0.2) is 42.9 Å². The van der Waals surface area contributed by atoms with Gasteiger partial charge in [-0.05, 0) is 29.7 Å². The first-order valence-electron chi connectivity index (χ1n) is 9.13. The summed E-state index contributed by atoms with van der Waals surface area (Å²) < 4.78 is 21.0. The molecule has 1 aromatic carbocycles. The molecule has 1 saturated heterocycles. The zero-order valence-corrected chi connectivity index (χ0v) is 16.1. The van der Waals surface area contributed by atoms with Crippen molar-refractivity contribution in [2.45, 2.75) is 19.6 Å². The van der Waals surface area contributed by atoms with Gasteiger partial charge in [-0.15, -0.1) is 0 Å². The van der Waals surface area contributed by atoms with Crippen molar-refractivity contribution in [2.24, 2.45) is 5.92 Å². The molecule has 1 fully saturated rings. The summed E-state index contributed by atoms with van der Waals surface area (Å²) in [7, 11) is 0. The highest BCUT2D eigenvalue weighted by molar-refractivity contribution is 6.30. The van der Waals surface area contributed by atoms with Gasteiger partial charge >= 0.3 is 0 Å². The Labute approximate surface area is 166 Å². The lowest BCUT2D eigenvalue weighted by molar-refractivity contribution is -0.143. The second kappa shape index (κ2) is 7.85. The molecule has 6 nitrogen and oxygen atoms in total. The maximum Gasteiger partial charge on any atom is 0.227 e. The fourth-order valence-corrected chi connectivity index (χ4v) is 3.60. The third-order valence-electron chi connectivity index (χ3n) is 4.90. The number of fused-ring (bicyclic) bond motifs is 1. The Morgan fingerprint density at radius 2 is 2.21 bits per heavy atom. The first-order valence-corrected chi connectivity index (χ1v) is 9.51. The number of hydrogen-bond acceptors (Lipinski definition) is 4. The molecule has 2 atom stereocenters. The molecule has 8 heteroatoms. The lowest BCUT2D eigenvalue weighted by atomic mass is 10.1. The number of morpholine rings is 1. The molecule has 0 radical (unpaired) electrons. The summed E-state index contributed by atoms with van der Waals surface area (Å²) in [6, 6.07) is 6.41. The number of halogens is 2. The van der Waals surface area contributed by atoms with Crippen LogP contribution in [-0.4, -0.2) is 45.3 Å². The summed E-state index contributed by atoms with van der Waals surface area (Å²) in [6.07, 6.45) is 4.62. The molecule has 0 bridgehead atoms. The third-order valence-corrected chi connectivity index (χ3v) is 5.09. The van der Waals surface area contributed by atoms with Gasteiger partial charge in [0.25, 0.3) is 0 Å². The van der Waals surface area contributed by atoms with Crippen molar-refractivity contribution >= 4 is 28.3 Å². The Morgan fingerprint density at radius 3 is 3.00 bits per heavy atom. The lowest BCUT2D eigenvalue weighted by Crippen LogP contribution is -2.45. The quantitative estimate of drug-likeness (QED) is 0.670. The minimum Gasteiger partial charge on any atom is -0.368 e. The van der Waals surface area contributed by atoms with Crippen LogP contribution in [0.5, 0.6) is 0 Å². The standard InChI is InChI=1S/C20H20ClFN4O2/c1-13(10-26-11-16(21)9-24-26)20(27)25-4-5-28-19(12-25)18-7-15-6-17(22)3-2-14(15)8-23-18/h2-3,6-9,11,13,19H,4-5,10,12H2,1H3. The van der Waals surface area contributed by atoms with Crippen molar-refractivity contribution in [1.29, 1.82) is 0 Å². The second-order valence-electron chi connectivity index (χ2n) is 7.03. The van der Waals surface area contributed by atoms with Crippen molar-refractivity contribution in [3.05, 3.63) is 59.4 Å². The Balaban J connectivity index is 1.47. The van der Waals surface area contributed by atoms with E-state index in [1.165, 1.54) is 12.1 Å². The van der Waals surface area contributed by atoms with Crippen LogP contribution >= 0.6 is 11.6 Å². The molecule has 0 spiro atoms. The number of benzene rings is 1. The number of carbonyl (C=O) groups is 1. The van der Waals surface area contributed by atoms with E-state index in [-0.39, 0.29) is 23.7 Å². The average Bonchev–Trinajstić information content (AvgIpc) is 3.11. The highest BCUT2D eigenvalue weighted by Crippen LogP contribution is 2.25. The van der Waals surface area contributed by atoms with E-state index in [1.807, 2.05) is 13.0 Å². The van der Waals surface area contributed by atoms with Gasteiger partial charge < -0.3 is 9.64 Å². The predicted octanol–water partition coefficient (Wildman–Crippen LogP) is 3.46. The number of pyridine rings is 1. The largest absolute Gasteiger partial charge is 0.368 e. The van der Waals surface area contributed by atoms with E-state index >= 15 is 0 Å². The van der Waals surface area contributed by atoms with Gasteiger partial charge in [0, 0.05) is 24.3 Å². The first kappa shape index (κ1) is 18.8. The number of rotatable bonds is 4. The molecule has 0 saturated carbocycles. The molecule has 3 heterocycles. The minimum absolute atomic E-state index is 0.0340. The molecule has 0 aliphatic carbocycles. The van der Waals surface area contributed by atoms with E-state index in [1.54, 1.807) is 34.2 Å². The Bertz CT molecular complexity index is 1010. The van der Waals surface area contributed by atoms with Crippen molar-refractivity contribution < 1.29 is 13.9 Å². The Morgan fingerprint density at radius 1 is 1.36 bits per heavy atom. The average molecular weight is 403 g/mol. The second-order valence-corrected chi connectivity index (χ2v) is 7.46. The molecule has 1 aliphatic rings. The maximum absolute atomic E-state index is 13.5. The zero-order chi connectivity index (χ0) is 19.7. The summed E-state index contributed by atoms with van der Waals surface area (Å²) in [6.45, 7) is 3.71. The maximum atomic E-state index is 13.5. The van der Waals surface area contributed by atoms with Gasteiger partial charge in [-0.25, -0.2) is 4.39 Å². The summed E-state index contributed by atoms with van der Waals surface area (Å²) in [5.74, 6) is -0.501. The minimum atomic E-state index is -0.336. The molecule has 0 N–H and O–H groups in total. The van der Waals surface area contributed by atoms with Crippen LogP contribution < -0.4 is 0 Å². The normalized spacial score (nSPS) is 18.4. The molecular formula is C20H20ClFN4O2. The van der Waals surface area contributed by atoms with Crippen molar-refractivity contribution in [1.82, 2.24) is 19.7 Å². The van der Waals surface area contributed by atoms with E-state index < -0.39 is 0 Å².